The second-order valence-electron chi connectivity index (χ2n) is 3.64. The summed E-state index contributed by atoms with van der Waals surface area (Å²) in [5.74, 6) is 0. The summed E-state index contributed by atoms with van der Waals surface area (Å²) >= 11 is 3.62. The van der Waals surface area contributed by atoms with E-state index in [1.807, 2.05) is 22.7 Å². The molecule has 0 unspecified atom stereocenters. The van der Waals surface area contributed by atoms with Crippen molar-refractivity contribution in [1.29, 1.82) is 0 Å². The predicted molar refractivity (Wildman–Crippen MR) is 68.6 cm³/mol. The van der Waals surface area contributed by atoms with Gasteiger partial charge in [0.25, 0.3) is 0 Å². The number of hydrogen-bond acceptors (Lipinski definition) is 3. The van der Waals surface area contributed by atoms with Gasteiger partial charge in [0.1, 0.15) is 0 Å². The quantitative estimate of drug-likeness (QED) is 0.839. The van der Waals surface area contributed by atoms with Gasteiger partial charge in [0.05, 0.1) is 0 Å². The van der Waals surface area contributed by atoms with Gasteiger partial charge >= 0.3 is 0 Å². The molecule has 2 rings (SSSR count). The molecule has 15 heavy (non-hydrogen) atoms. The smallest absolute Gasteiger partial charge is 0.0391 e. The van der Waals surface area contributed by atoms with Crippen LogP contribution in [0.2, 0.25) is 0 Å². The normalized spacial score (nSPS) is 15.1. The van der Waals surface area contributed by atoms with Crippen molar-refractivity contribution in [3.8, 4) is 0 Å². The summed E-state index contributed by atoms with van der Waals surface area (Å²) in [4.78, 5) is 2.80. The monoisotopic (exact) mass is 237 g/mol. The van der Waals surface area contributed by atoms with Crippen LogP contribution >= 0.6 is 22.7 Å². The number of hydrogen-bond donors (Lipinski definition) is 1. The van der Waals surface area contributed by atoms with E-state index in [-0.39, 0.29) is 0 Å². The minimum absolute atomic E-state index is 0.432. The van der Waals surface area contributed by atoms with Crippen LogP contribution in [0.15, 0.2) is 35.0 Å². The fourth-order valence-corrected chi connectivity index (χ4v) is 3.10. The summed E-state index contributed by atoms with van der Waals surface area (Å²) in [7, 11) is 0. The number of thiophene rings is 2. The lowest BCUT2D eigenvalue weighted by Crippen LogP contribution is -2.20. The van der Waals surface area contributed by atoms with Gasteiger partial charge in [-0.05, 0) is 36.7 Å². The molecule has 1 N–H and O–H groups in total. The second kappa shape index (κ2) is 4.92. The summed E-state index contributed by atoms with van der Waals surface area (Å²) in [6.45, 7) is 4.44. The number of nitrogens with one attached hydrogen (secondary N) is 1. The molecule has 0 aliphatic heterocycles. The highest BCUT2D eigenvalue weighted by molar-refractivity contribution is 7.10. The van der Waals surface area contributed by atoms with Gasteiger partial charge in [-0.1, -0.05) is 12.1 Å². The van der Waals surface area contributed by atoms with Crippen molar-refractivity contribution in [3.05, 3.63) is 44.8 Å². The van der Waals surface area contributed by atoms with E-state index in [4.69, 9.17) is 0 Å². The van der Waals surface area contributed by atoms with E-state index in [1.165, 1.54) is 9.75 Å². The van der Waals surface area contributed by atoms with Crippen LogP contribution in [-0.2, 0) is 0 Å². The molecular weight excluding hydrogens is 222 g/mol. The summed E-state index contributed by atoms with van der Waals surface area (Å²) in [5, 5.41) is 7.86. The molecule has 0 aliphatic carbocycles. The van der Waals surface area contributed by atoms with Gasteiger partial charge in [0.15, 0.2) is 0 Å². The van der Waals surface area contributed by atoms with Crippen LogP contribution in [0.25, 0.3) is 0 Å². The summed E-state index contributed by atoms with van der Waals surface area (Å²) in [5.41, 5.74) is 0. The molecule has 0 bridgehead atoms. The average molecular weight is 237 g/mol. The Balaban J connectivity index is 1.98. The molecule has 0 saturated carbocycles. The highest BCUT2D eigenvalue weighted by atomic mass is 32.1. The van der Waals surface area contributed by atoms with Gasteiger partial charge in [-0.15, -0.1) is 22.7 Å². The lowest BCUT2D eigenvalue weighted by molar-refractivity contribution is 0.506. The molecule has 0 saturated heterocycles. The lowest BCUT2D eigenvalue weighted by Gasteiger charge is -2.17. The Morgan fingerprint density at radius 1 is 0.933 bits per heavy atom. The van der Waals surface area contributed by atoms with Gasteiger partial charge < -0.3 is 5.32 Å². The third-order valence-electron chi connectivity index (χ3n) is 2.44. The minimum Gasteiger partial charge on any atom is -0.302 e. The third-order valence-corrected chi connectivity index (χ3v) is 4.55. The lowest BCUT2D eigenvalue weighted by atomic mass is 10.2. The third kappa shape index (κ3) is 2.68. The minimum atomic E-state index is 0.432. The Hall–Kier alpha value is -0.640. The summed E-state index contributed by atoms with van der Waals surface area (Å²) in [6, 6.07) is 9.44. The van der Waals surface area contributed by atoms with Gasteiger partial charge in [-0.25, -0.2) is 0 Å². The van der Waals surface area contributed by atoms with E-state index in [0.717, 1.165) is 0 Å². The van der Waals surface area contributed by atoms with Crippen molar-refractivity contribution in [3.63, 3.8) is 0 Å². The first-order valence-corrected chi connectivity index (χ1v) is 6.86. The van der Waals surface area contributed by atoms with Crippen molar-refractivity contribution in [2.45, 2.75) is 25.9 Å². The van der Waals surface area contributed by atoms with Crippen LogP contribution in [0.3, 0.4) is 0 Å². The second-order valence-corrected chi connectivity index (χ2v) is 5.60. The molecule has 0 aromatic carbocycles. The molecule has 80 valence electrons. The van der Waals surface area contributed by atoms with Crippen LogP contribution in [0.4, 0.5) is 0 Å². The zero-order valence-corrected chi connectivity index (χ0v) is 10.6. The molecular formula is C12H15NS2. The molecule has 2 atom stereocenters. The van der Waals surface area contributed by atoms with E-state index < -0.39 is 0 Å². The zero-order valence-electron chi connectivity index (χ0n) is 8.94. The fraction of sp³-hybridized carbons (Fsp3) is 0.333. The SMILES string of the molecule is C[C@H](N[C@@H](C)c1cccs1)c1cccs1. The first-order chi connectivity index (χ1) is 7.27. The first-order valence-electron chi connectivity index (χ1n) is 5.10. The van der Waals surface area contributed by atoms with Crippen molar-refractivity contribution >= 4 is 22.7 Å². The molecule has 3 heteroatoms. The topological polar surface area (TPSA) is 12.0 Å². The highest BCUT2D eigenvalue weighted by Gasteiger charge is 2.11. The molecule has 0 amide bonds. The van der Waals surface area contributed by atoms with Gasteiger partial charge in [-0.3, -0.25) is 0 Å². The van der Waals surface area contributed by atoms with Gasteiger partial charge in [0.2, 0.25) is 0 Å². The summed E-state index contributed by atoms with van der Waals surface area (Å²) in [6.07, 6.45) is 0. The molecule has 2 aromatic rings. The predicted octanol–water partition coefficient (Wildman–Crippen LogP) is 4.22. The van der Waals surface area contributed by atoms with Crippen molar-refractivity contribution in [2.75, 3.05) is 0 Å². The van der Waals surface area contributed by atoms with Crippen LogP contribution in [0.1, 0.15) is 35.7 Å². The van der Waals surface area contributed by atoms with E-state index in [2.05, 4.69) is 54.2 Å². The highest BCUT2D eigenvalue weighted by Crippen LogP contribution is 2.24. The van der Waals surface area contributed by atoms with Crippen molar-refractivity contribution in [2.24, 2.45) is 0 Å². The first kappa shape index (κ1) is 10.9. The van der Waals surface area contributed by atoms with Crippen LogP contribution < -0.4 is 5.32 Å². The average Bonchev–Trinajstić information content (AvgIpc) is 2.91. The molecule has 0 fully saturated rings. The Bertz CT molecular complexity index is 339. The maximum absolute atomic E-state index is 3.61. The molecule has 0 aliphatic rings. The van der Waals surface area contributed by atoms with E-state index in [1.54, 1.807) is 0 Å². The molecule has 0 spiro atoms. The fourth-order valence-electron chi connectivity index (χ4n) is 1.61. The van der Waals surface area contributed by atoms with Crippen LogP contribution in [0, 0.1) is 0 Å². The number of rotatable bonds is 4. The Morgan fingerprint density at radius 3 is 1.73 bits per heavy atom. The summed E-state index contributed by atoms with van der Waals surface area (Å²) < 4.78 is 0. The maximum atomic E-state index is 3.61. The van der Waals surface area contributed by atoms with Crippen LogP contribution in [-0.4, -0.2) is 0 Å². The van der Waals surface area contributed by atoms with Gasteiger partial charge in [-0.2, -0.15) is 0 Å². The Kier molecular flexibility index (Phi) is 3.57. The zero-order chi connectivity index (χ0) is 10.7. The molecule has 0 radical (unpaired) electrons. The van der Waals surface area contributed by atoms with Gasteiger partial charge in [0, 0.05) is 21.8 Å². The Labute approximate surface area is 98.8 Å². The van der Waals surface area contributed by atoms with Crippen LogP contribution in [0.5, 0.6) is 0 Å². The van der Waals surface area contributed by atoms with E-state index in [9.17, 15) is 0 Å². The van der Waals surface area contributed by atoms with Crippen molar-refractivity contribution in [1.82, 2.24) is 5.32 Å². The maximum Gasteiger partial charge on any atom is 0.0391 e. The Morgan fingerprint density at radius 2 is 1.40 bits per heavy atom. The molecule has 2 heterocycles. The standard InChI is InChI=1S/C12H15NS2/c1-9(11-5-3-7-14-11)13-10(2)12-6-4-8-15-12/h3-10,13H,1-2H3/t9-,10-/m0/s1. The van der Waals surface area contributed by atoms with Crippen molar-refractivity contribution < 1.29 is 0 Å². The van der Waals surface area contributed by atoms with E-state index >= 15 is 0 Å². The van der Waals surface area contributed by atoms with E-state index in [0.29, 0.717) is 12.1 Å². The molecule has 2 aromatic heterocycles. The molecule has 1 nitrogen and oxygen atoms in total. The largest absolute Gasteiger partial charge is 0.302 e.